The molecule has 2 aromatic carbocycles. The fourth-order valence-corrected chi connectivity index (χ4v) is 11.3. The maximum Gasteiger partial charge on any atom is 0.0247 e. The van der Waals surface area contributed by atoms with Gasteiger partial charge in [0.2, 0.25) is 0 Å². The Kier molecular flexibility index (Phi) is 10.3. The van der Waals surface area contributed by atoms with E-state index in [-0.39, 0.29) is 10.8 Å². The van der Waals surface area contributed by atoms with Crippen LogP contribution in [0.15, 0.2) is 154 Å². The van der Waals surface area contributed by atoms with E-state index in [1.54, 1.807) is 44.6 Å². The Hall–Kier alpha value is -4.42. The predicted octanol–water partition coefficient (Wildman–Crippen LogP) is 16.2. The summed E-state index contributed by atoms with van der Waals surface area (Å²) < 4.78 is 0. The summed E-state index contributed by atoms with van der Waals surface area (Å²) in [5.74, 6) is 2.02. The van der Waals surface area contributed by atoms with Gasteiger partial charge in [0.1, 0.15) is 0 Å². The van der Waals surface area contributed by atoms with E-state index in [4.69, 9.17) is 0 Å². The van der Waals surface area contributed by atoms with Crippen LogP contribution in [0.25, 0.3) is 11.1 Å². The highest BCUT2D eigenvalue weighted by Crippen LogP contribution is 2.55. The van der Waals surface area contributed by atoms with Gasteiger partial charge in [0.25, 0.3) is 0 Å². The molecule has 4 atom stereocenters. The lowest BCUT2D eigenvalue weighted by molar-refractivity contribution is 0.589. The SMILES string of the molecule is CCCC1=CC=C2c3cc(C(C)(C)C)ccc3C3C=CC(C4=CC=CC4)=C3CC12.CCCC1=CC=C2c3cc(C(C)(C)C)ccc3C3C=CC(C4=CCCC4)=C3CC12. The molecule has 0 aromatic heterocycles. The van der Waals surface area contributed by atoms with Crippen molar-refractivity contribution >= 4 is 11.1 Å². The summed E-state index contributed by atoms with van der Waals surface area (Å²) in [7, 11) is 0. The molecular formula is C58H66. The van der Waals surface area contributed by atoms with Crippen LogP contribution in [0, 0.1) is 11.8 Å². The molecule has 0 heteroatoms. The molecule has 2 aromatic rings. The average Bonchev–Trinajstić information content (AvgIpc) is 4.05. The second-order valence-electron chi connectivity index (χ2n) is 20.3. The number of hydrogen-bond acceptors (Lipinski definition) is 0. The average molecular weight is 763 g/mol. The van der Waals surface area contributed by atoms with Crippen LogP contribution in [0.1, 0.15) is 165 Å². The molecule has 0 radical (unpaired) electrons. The molecule has 4 unspecified atom stereocenters. The molecule has 0 spiro atoms. The minimum atomic E-state index is 0.172. The second-order valence-corrected chi connectivity index (χ2v) is 20.3. The molecule has 0 saturated heterocycles. The first-order chi connectivity index (χ1) is 27.9. The van der Waals surface area contributed by atoms with Crippen molar-refractivity contribution in [1.29, 1.82) is 0 Å². The van der Waals surface area contributed by atoms with Gasteiger partial charge in [-0.2, -0.15) is 0 Å². The van der Waals surface area contributed by atoms with Gasteiger partial charge in [0, 0.05) is 23.7 Å². The first kappa shape index (κ1) is 39.1. The van der Waals surface area contributed by atoms with E-state index in [1.807, 2.05) is 0 Å². The molecule has 8 aliphatic carbocycles. The summed E-state index contributed by atoms with van der Waals surface area (Å²) in [4.78, 5) is 0. The maximum absolute atomic E-state index is 2.51. The van der Waals surface area contributed by atoms with Crippen LogP contribution in [0.2, 0.25) is 0 Å². The van der Waals surface area contributed by atoms with Crippen molar-refractivity contribution in [3.05, 3.63) is 187 Å². The van der Waals surface area contributed by atoms with Crippen molar-refractivity contribution in [3.8, 4) is 0 Å². The molecule has 0 N–H and O–H groups in total. The summed E-state index contributed by atoms with van der Waals surface area (Å²) >= 11 is 0. The van der Waals surface area contributed by atoms with Gasteiger partial charge in [-0.3, -0.25) is 0 Å². The summed E-state index contributed by atoms with van der Waals surface area (Å²) in [6, 6.07) is 14.6. The molecule has 0 heterocycles. The zero-order valence-electron chi connectivity index (χ0n) is 36.8. The molecule has 298 valence electrons. The van der Waals surface area contributed by atoms with E-state index in [0.29, 0.717) is 23.7 Å². The van der Waals surface area contributed by atoms with Crippen LogP contribution >= 0.6 is 0 Å². The monoisotopic (exact) mass is 763 g/mol. The molecule has 10 rings (SSSR count). The number of benzene rings is 2. The van der Waals surface area contributed by atoms with Crippen molar-refractivity contribution in [2.24, 2.45) is 11.8 Å². The molecule has 0 nitrogen and oxygen atoms in total. The van der Waals surface area contributed by atoms with Crippen LogP contribution in [-0.4, -0.2) is 0 Å². The third-order valence-corrected chi connectivity index (χ3v) is 14.5. The first-order valence-corrected chi connectivity index (χ1v) is 22.9. The highest BCUT2D eigenvalue weighted by Gasteiger charge is 2.39. The van der Waals surface area contributed by atoms with E-state index in [2.05, 4.69) is 165 Å². The van der Waals surface area contributed by atoms with Gasteiger partial charge >= 0.3 is 0 Å². The third-order valence-electron chi connectivity index (χ3n) is 14.5. The molecular weight excluding hydrogens is 697 g/mol. The molecule has 0 bridgehead atoms. The van der Waals surface area contributed by atoms with Crippen molar-refractivity contribution in [2.45, 2.75) is 142 Å². The molecule has 0 fully saturated rings. The standard InChI is InChI=1S/C29H34.C29H32/c2*1-5-8-19-11-13-25-26(19)18-28-22(20-9-6-7-10-20)15-16-24(28)23-14-12-21(17-27(23)25)29(2,3)4/h9,11-17,24,26H,5-8,10,18H2,1-4H3;6-7,9,11-17,24,26H,5,8,10,18H2,1-4H3. The highest BCUT2D eigenvalue weighted by atomic mass is 14.4. The highest BCUT2D eigenvalue weighted by molar-refractivity contribution is 5.82. The Balaban J connectivity index is 0.000000150. The van der Waals surface area contributed by atoms with Crippen LogP contribution in [0.4, 0.5) is 0 Å². The van der Waals surface area contributed by atoms with Crippen molar-refractivity contribution in [1.82, 2.24) is 0 Å². The largest absolute Gasteiger partial charge is 0.0807 e. The summed E-state index contributed by atoms with van der Waals surface area (Å²) in [6.45, 7) is 18.6. The minimum absolute atomic E-state index is 0.172. The lowest BCUT2D eigenvalue weighted by Crippen LogP contribution is -2.12. The number of hydrogen-bond donors (Lipinski definition) is 0. The Labute approximate surface area is 351 Å². The second kappa shape index (κ2) is 15.3. The van der Waals surface area contributed by atoms with Crippen LogP contribution in [0.5, 0.6) is 0 Å². The van der Waals surface area contributed by atoms with E-state index >= 15 is 0 Å². The van der Waals surface area contributed by atoms with Gasteiger partial charge in [-0.05, 0) is 129 Å². The van der Waals surface area contributed by atoms with Gasteiger partial charge < -0.3 is 0 Å². The van der Waals surface area contributed by atoms with Crippen molar-refractivity contribution < 1.29 is 0 Å². The Morgan fingerprint density at radius 1 is 0.603 bits per heavy atom. The molecule has 58 heavy (non-hydrogen) atoms. The number of fused-ring (bicyclic) bond motifs is 10. The minimum Gasteiger partial charge on any atom is -0.0807 e. The van der Waals surface area contributed by atoms with E-state index < -0.39 is 0 Å². The number of allylic oxidation sites excluding steroid dienone is 22. The maximum atomic E-state index is 2.51. The van der Waals surface area contributed by atoms with Gasteiger partial charge in [-0.25, -0.2) is 0 Å². The zero-order valence-corrected chi connectivity index (χ0v) is 36.8. The van der Waals surface area contributed by atoms with Gasteiger partial charge in [0.15, 0.2) is 0 Å². The smallest absolute Gasteiger partial charge is 0.0247 e. The summed E-state index contributed by atoms with van der Waals surface area (Å²) in [5, 5.41) is 0. The Morgan fingerprint density at radius 3 is 1.55 bits per heavy atom. The van der Waals surface area contributed by atoms with E-state index in [9.17, 15) is 0 Å². The lowest BCUT2D eigenvalue weighted by atomic mass is 9.81. The Bertz CT molecular complexity index is 2230. The van der Waals surface area contributed by atoms with Crippen molar-refractivity contribution in [3.63, 3.8) is 0 Å². The molecule has 0 amide bonds. The fourth-order valence-electron chi connectivity index (χ4n) is 11.3. The number of rotatable bonds is 6. The summed E-state index contributed by atoms with van der Waals surface area (Å²) in [6.07, 6.45) is 41.1. The van der Waals surface area contributed by atoms with Crippen molar-refractivity contribution in [2.75, 3.05) is 0 Å². The zero-order chi connectivity index (χ0) is 40.3. The Morgan fingerprint density at radius 2 is 1.12 bits per heavy atom. The summed E-state index contributed by atoms with van der Waals surface area (Å²) in [5.41, 5.74) is 25.2. The normalized spacial score (nSPS) is 25.0. The van der Waals surface area contributed by atoms with Crippen LogP contribution in [0.3, 0.4) is 0 Å². The lowest BCUT2D eigenvalue weighted by Gasteiger charge is -2.23. The first-order valence-electron chi connectivity index (χ1n) is 22.9. The quantitative estimate of drug-likeness (QED) is 0.275. The third kappa shape index (κ3) is 6.97. The van der Waals surface area contributed by atoms with E-state index in [0.717, 1.165) is 6.42 Å². The fraction of sp³-hybridized carbons (Fsp3) is 0.414. The van der Waals surface area contributed by atoms with Crippen LogP contribution < -0.4 is 0 Å². The topological polar surface area (TPSA) is 0 Å². The van der Waals surface area contributed by atoms with Gasteiger partial charge in [-0.1, -0.05) is 200 Å². The van der Waals surface area contributed by atoms with Crippen LogP contribution in [-0.2, 0) is 10.8 Å². The molecule has 0 aliphatic heterocycles. The van der Waals surface area contributed by atoms with Gasteiger partial charge in [-0.15, -0.1) is 0 Å². The molecule has 8 aliphatic rings. The van der Waals surface area contributed by atoms with E-state index in [1.165, 1.54) is 102 Å². The molecule has 0 saturated carbocycles. The van der Waals surface area contributed by atoms with Gasteiger partial charge in [0.05, 0.1) is 0 Å². The predicted molar refractivity (Wildman–Crippen MR) is 250 cm³/mol.